The van der Waals surface area contributed by atoms with Crippen LogP contribution in [0.4, 0.5) is 5.69 Å². The van der Waals surface area contributed by atoms with Gasteiger partial charge in [0.05, 0.1) is 11.9 Å². The number of nitrogen functional groups attached to an aromatic ring is 1. The van der Waals surface area contributed by atoms with Crippen LogP contribution in [0, 0.1) is 5.92 Å². The molecule has 112 valence electrons. The molecular formula is C13H20N2O4S. The van der Waals surface area contributed by atoms with Gasteiger partial charge in [0.25, 0.3) is 0 Å². The van der Waals surface area contributed by atoms with Crippen LogP contribution in [0.1, 0.15) is 12.8 Å². The third kappa shape index (κ3) is 4.99. The van der Waals surface area contributed by atoms with Crippen molar-refractivity contribution in [1.82, 2.24) is 4.72 Å². The second-order valence-electron chi connectivity index (χ2n) is 4.99. The minimum absolute atomic E-state index is 0.0543. The van der Waals surface area contributed by atoms with Gasteiger partial charge in [-0.25, -0.2) is 13.1 Å². The third-order valence-electron chi connectivity index (χ3n) is 3.18. The van der Waals surface area contributed by atoms with Gasteiger partial charge in [0.2, 0.25) is 10.0 Å². The van der Waals surface area contributed by atoms with Gasteiger partial charge in [-0.3, -0.25) is 0 Å². The Morgan fingerprint density at radius 1 is 1.35 bits per heavy atom. The molecule has 1 aromatic carbocycles. The largest absolute Gasteiger partial charge is 0.492 e. The summed E-state index contributed by atoms with van der Waals surface area (Å²) in [6.45, 7) is 0.133. The molecule has 6 nitrogen and oxygen atoms in total. The molecule has 4 N–H and O–H groups in total. The molecule has 1 aliphatic rings. The van der Waals surface area contributed by atoms with Crippen molar-refractivity contribution in [3.63, 3.8) is 0 Å². The first-order valence-electron chi connectivity index (χ1n) is 6.60. The topological polar surface area (TPSA) is 102 Å². The lowest BCUT2D eigenvalue weighted by molar-refractivity contribution is 0.155. The molecule has 0 aromatic heterocycles. The molecule has 0 radical (unpaired) electrons. The Morgan fingerprint density at radius 3 is 2.60 bits per heavy atom. The number of aliphatic hydroxyl groups excluding tert-OH is 1. The second kappa shape index (κ2) is 6.43. The van der Waals surface area contributed by atoms with Crippen molar-refractivity contribution < 1.29 is 18.3 Å². The number of aliphatic hydroxyl groups is 1. The lowest BCUT2D eigenvalue weighted by atomic mass is 10.2. The molecule has 20 heavy (non-hydrogen) atoms. The van der Waals surface area contributed by atoms with E-state index >= 15 is 0 Å². The van der Waals surface area contributed by atoms with E-state index < -0.39 is 16.1 Å². The molecule has 1 atom stereocenters. The van der Waals surface area contributed by atoms with Crippen LogP contribution in [0.3, 0.4) is 0 Å². The quantitative estimate of drug-likeness (QED) is 0.601. The lowest BCUT2D eigenvalue weighted by Crippen LogP contribution is -2.35. The molecule has 1 fully saturated rings. The fraction of sp³-hybridized carbons (Fsp3) is 0.538. The number of rotatable bonds is 8. The number of nitrogens with one attached hydrogen (secondary N) is 1. The first kappa shape index (κ1) is 15.1. The highest BCUT2D eigenvalue weighted by Gasteiger charge is 2.30. The summed E-state index contributed by atoms with van der Waals surface area (Å²) in [6, 6.07) is 6.75. The maximum atomic E-state index is 11.7. The van der Waals surface area contributed by atoms with E-state index in [4.69, 9.17) is 10.5 Å². The Balaban J connectivity index is 1.70. The second-order valence-corrected chi connectivity index (χ2v) is 6.92. The maximum Gasteiger partial charge on any atom is 0.215 e. The summed E-state index contributed by atoms with van der Waals surface area (Å²) in [5.74, 6) is 0.686. The van der Waals surface area contributed by atoms with E-state index in [1.165, 1.54) is 0 Å². The average Bonchev–Trinajstić information content (AvgIpc) is 3.23. The highest BCUT2D eigenvalue weighted by molar-refractivity contribution is 7.89. The predicted octanol–water partition coefficient (Wildman–Crippen LogP) is 0.338. The van der Waals surface area contributed by atoms with Crippen molar-refractivity contribution in [2.75, 3.05) is 24.6 Å². The van der Waals surface area contributed by atoms with Crippen LogP contribution in [-0.2, 0) is 10.0 Å². The highest BCUT2D eigenvalue weighted by Crippen LogP contribution is 2.32. The minimum Gasteiger partial charge on any atom is -0.492 e. The van der Waals surface area contributed by atoms with Gasteiger partial charge in [-0.05, 0) is 43.0 Å². The molecule has 0 saturated heterocycles. The van der Waals surface area contributed by atoms with E-state index in [9.17, 15) is 13.5 Å². The first-order chi connectivity index (χ1) is 9.46. The van der Waals surface area contributed by atoms with Crippen molar-refractivity contribution in [3.05, 3.63) is 24.3 Å². The summed E-state index contributed by atoms with van der Waals surface area (Å²) in [4.78, 5) is 0. The zero-order valence-corrected chi connectivity index (χ0v) is 12.0. The number of nitrogens with two attached hydrogens (primary N) is 1. The molecule has 0 spiro atoms. The summed E-state index contributed by atoms with van der Waals surface area (Å²) < 4.78 is 31.1. The molecule has 1 aliphatic carbocycles. The van der Waals surface area contributed by atoms with Crippen molar-refractivity contribution in [1.29, 1.82) is 0 Å². The molecule has 2 rings (SSSR count). The van der Waals surface area contributed by atoms with Crippen molar-refractivity contribution in [2.24, 2.45) is 5.92 Å². The van der Waals surface area contributed by atoms with Crippen LogP contribution >= 0.6 is 0 Å². The summed E-state index contributed by atoms with van der Waals surface area (Å²) >= 11 is 0. The molecule has 1 saturated carbocycles. The lowest BCUT2D eigenvalue weighted by Gasteiger charge is -2.11. The van der Waals surface area contributed by atoms with Crippen LogP contribution in [0.5, 0.6) is 5.75 Å². The smallest absolute Gasteiger partial charge is 0.215 e. The monoisotopic (exact) mass is 300 g/mol. The molecule has 1 unspecified atom stereocenters. The van der Waals surface area contributed by atoms with Crippen LogP contribution in [0.15, 0.2) is 24.3 Å². The Morgan fingerprint density at radius 2 is 2.00 bits per heavy atom. The van der Waals surface area contributed by atoms with Crippen molar-refractivity contribution in [2.45, 2.75) is 18.9 Å². The molecule has 1 aromatic rings. The normalized spacial score (nSPS) is 16.9. The van der Waals surface area contributed by atoms with Gasteiger partial charge in [-0.1, -0.05) is 0 Å². The summed E-state index contributed by atoms with van der Waals surface area (Å²) in [7, 11) is -3.42. The first-order valence-corrected chi connectivity index (χ1v) is 8.25. The minimum atomic E-state index is -3.42. The number of sulfonamides is 1. The zero-order valence-electron chi connectivity index (χ0n) is 11.2. The van der Waals surface area contributed by atoms with E-state index in [0.29, 0.717) is 11.4 Å². The van der Waals surface area contributed by atoms with E-state index in [0.717, 1.165) is 12.8 Å². The van der Waals surface area contributed by atoms with Crippen molar-refractivity contribution >= 4 is 15.7 Å². The van der Waals surface area contributed by atoms with E-state index in [1.807, 2.05) is 0 Å². The Kier molecular flexibility index (Phi) is 4.85. The van der Waals surface area contributed by atoms with Gasteiger partial charge in [-0.2, -0.15) is 0 Å². The Bertz CT molecular complexity index is 526. The standard InChI is InChI=1S/C13H20N2O4S/c14-11-3-5-12(6-4-11)19-7-8-20(17,18)15-9-13(16)10-1-2-10/h3-6,10,13,15-16H,1-2,7-9,14H2. The molecule has 0 bridgehead atoms. The van der Waals surface area contributed by atoms with Gasteiger partial charge < -0.3 is 15.6 Å². The van der Waals surface area contributed by atoms with Crippen LogP contribution in [0.2, 0.25) is 0 Å². The number of anilines is 1. The molecule has 0 aliphatic heterocycles. The zero-order chi connectivity index (χ0) is 14.6. The fourth-order valence-corrected chi connectivity index (χ4v) is 2.64. The van der Waals surface area contributed by atoms with Gasteiger partial charge in [0.15, 0.2) is 0 Å². The third-order valence-corrected chi connectivity index (χ3v) is 4.49. The van der Waals surface area contributed by atoms with Crippen LogP contribution in [0.25, 0.3) is 0 Å². The number of hydrogen-bond acceptors (Lipinski definition) is 5. The summed E-state index contributed by atoms with van der Waals surface area (Å²) in [5.41, 5.74) is 6.16. The summed E-state index contributed by atoms with van der Waals surface area (Å²) in [6.07, 6.45) is 1.37. The molecule has 0 amide bonds. The number of benzene rings is 1. The van der Waals surface area contributed by atoms with E-state index in [-0.39, 0.29) is 24.8 Å². The van der Waals surface area contributed by atoms with Crippen LogP contribution in [-0.4, -0.2) is 38.5 Å². The van der Waals surface area contributed by atoms with Gasteiger partial charge in [0.1, 0.15) is 12.4 Å². The van der Waals surface area contributed by atoms with Crippen LogP contribution < -0.4 is 15.2 Å². The summed E-state index contributed by atoms with van der Waals surface area (Å²) in [5, 5.41) is 9.61. The van der Waals surface area contributed by atoms with E-state index in [1.54, 1.807) is 24.3 Å². The highest BCUT2D eigenvalue weighted by atomic mass is 32.2. The fourth-order valence-electron chi connectivity index (χ4n) is 1.77. The molecular weight excluding hydrogens is 280 g/mol. The Hall–Kier alpha value is -1.31. The molecule has 0 heterocycles. The average molecular weight is 300 g/mol. The SMILES string of the molecule is Nc1ccc(OCCS(=O)(=O)NCC(O)C2CC2)cc1. The van der Waals surface area contributed by atoms with Gasteiger partial charge in [0, 0.05) is 12.2 Å². The van der Waals surface area contributed by atoms with E-state index in [2.05, 4.69) is 4.72 Å². The molecule has 7 heteroatoms. The number of ether oxygens (including phenoxy) is 1. The number of hydrogen-bond donors (Lipinski definition) is 3. The Labute approximate surface area is 119 Å². The maximum absolute atomic E-state index is 11.7. The van der Waals surface area contributed by atoms with Gasteiger partial charge >= 0.3 is 0 Å². The van der Waals surface area contributed by atoms with Gasteiger partial charge in [-0.15, -0.1) is 0 Å². The predicted molar refractivity (Wildman–Crippen MR) is 76.9 cm³/mol. The van der Waals surface area contributed by atoms with Crippen molar-refractivity contribution in [3.8, 4) is 5.75 Å².